The van der Waals surface area contributed by atoms with Gasteiger partial charge in [0.05, 0.1) is 30.5 Å². The largest absolute Gasteiger partial charge is 0.466 e. The number of nitrogens with zero attached hydrogens (tertiary/aromatic N) is 3. The molecule has 1 N–H and O–H groups in total. The van der Waals surface area contributed by atoms with Crippen LogP contribution < -0.4 is 5.32 Å². The van der Waals surface area contributed by atoms with Gasteiger partial charge in [0.15, 0.2) is 0 Å². The Kier molecular flexibility index (Phi) is 6.16. The van der Waals surface area contributed by atoms with Gasteiger partial charge in [-0.1, -0.05) is 0 Å². The Morgan fingerprint density at radius 3 is 2.41 bits per heavy atom. The minimum atomic E-state index is -0.972. The van der Waals surface area contributed by atoms with Crippen molar-refractivity contribution in [2.75, 3.05) is 20.3 Å². The molecule has 0 saturated carbocycles. The number of dihydropyridines is 1. The van der Waals surface area contributed by atoms with Crippen molar-refractivity contribution >= 4 is 11.9 Å². The second-order valence-electron chi connectivity index (χ2n) is 5.75. The molecule has 2 rings (SSSR count). The maximum Gasteiger partial charge on any atom is 0.336 e. The van der Waals surface area contributed by atoms with E-state index in [1.54, 1.807) is 38.0 Å². The highest BCUT2D eigenvalue weighted by atomic mass is 17.0. The Morgan fingerprint density at radius 1 is 1.26 bits per heavy atom. The average Bonchev–Trinajstić information content (AvgIpc) is 3.02. The van der Waals surface area contributed by atoms with Crippen LogP contribution in [0.1, 0.15) is 25.5 Å². The second kappa shape index (κ2) is 8.34. The van der Waals surface area contributed by atoms with Crippen LogP contribution in [0.5, 0.6) is 0 Å². The van der Waals surface area contributed by atoms with Crippen molar-refractivity contribution in [3.8, 4) is 0 Å². The van der Waals surface area contributed by atoms with E-state index in [4.69, 9.17) is 9.47 Å². The topological polar surface area (TPSA) is 135 Å². The summed E-state index contributed by atoms with van der Waals surface area (Å²) in [5.41, 5.74) is 2.06. The van der Waals surface area contributed by atoms with Crippen LogP contribution in [0.4, 0.5) is 0 Å². The minimum Gasteiger partial charge on any atom is -0.466 e. The Balaban J connectivity index is 2.39. The van der Waals surface area contributed by atoms with Crippen LogP contribution >= 0.6 is 0 Å². The van der Waals surface area contributed by atoms with E-state index in [0.717, 1.165) is 0 Å². The number of rotatable bonds is 7. The smallest absolute Gasteiger partial charge is 0.336 e. The molecule has 2 heterocycles. The molecule has 0 spiro atoms. The summed E-state index contributed by atoms with van der Waals surface area (Å²) in [5.74, 6) is -2.09. The van der Waals surface area contributed by atoms with Crippen LogP contribution in [0.25, 0.3) is 0 Å². The molecule has 146 valence electrons. The van der Waals surface area contributed by atoms with Gasteiger partial charge in [-0.2, -0.15) is 0 Å². The number of aryl methyl sites for hydroxylation is 1. The zero-order valence-electron chi connectivity index (χ0n) is 15.3. The molecular formula is C16H20N4O7. The summed E-state index contributed by atoms with van der Waals surface area (Å²) in [7, 11) is 2.98. The lowest BCUT2D eigenvalue weighted by atomic mass is 9.83. The van der Waals surface area contributed by atoms with Crippen molar-refractivity contribution in [1.29, 1.82) is 0 Å². The van der Waals surface area contributed by atoms with Gasteiger partial charge in [0.1, 0.15) is 13.2 Å². The van der Waals surface area contributed by atoms with E-state index in [9.17, 15) is 19.7 Å². The first-order valence-electron chi connectivity index (χ1n) is 7.95. The van der Waals surface area contributed by atoms with Crippen molar-refractivity contribution in [3.05, 3.63) is 50.9 Å². The van der Waals surface area contributed by atoms with E-state index in [0.29, 0.717) is 17.1 Å². The first kappa shape index (κ1) is 19.9. The molecule has 0 amide bonds. The zero-order valence-corrected chi connectivity index (χ0v) is 15.3. The SMILES string of the molecule is COC(=O)C1=C(C)NC(C)=C(C(=O)OCCO[N+](=O)[O-])C1c1cncn1C. The molecule has 1 atom stereocenters. The Labute approximate surface area is 154 Å². The monoisotopic (exact) mass is 380 g/mol. The minimum absolute atomic E-state index is 0.186. The first-order valence-corrected chi connectivity index (χ1v) is 7.95. The van der Waals surface area contributed by atoms with E-state index in [1.165, 1.54) is 7.11 Å². The highest BCUT2D eigenvalue weighted by Crippen LogP contribution is 2.38. The summed E-state index contributed by atoms with van der Waals surface area (Å²) in [6.07, 6.45) is 3.09. The molecule has 11 nitrogen and oxygen atoms in total. The van der Waals surface area contributed by atoms with Gasteiger partial charge >= 0.3 is 11.9 Å². The van der Waals surface area contributed by atoms with E-state index in [1.807, 2.05) is 0 Å². The number of carbonyl (C=O) groups is 2. The molecule has 1 unspecified atom stereocenters. The molecule has 1 aliphatic rings. The lowest BCUT2D eigenvalue weighted by molar-refractivity contribution is -0.757. The third-order valence-corrected chi connectivity index (χ3v) is 4.05. The molecule has 0 bridgehead atoms. The summed E-state index contributed by atoms with van der Waals surface area (Å²) >= 11 is 0. The molecule has 0 aliphatic carbocycles. The number of hydrogen-bond acceptors (Lipinski definition) is 9. The van der Waals surface area contributed by atoms with Crippen molar-refractivity contribution in [3.63, 3.8) is 0 Å². The van der Waals surface area contributed by atoms with Crippen LogP contribution in [0, 0.1) is 10.1 Å². The molecule has 27 heavy (non-hydrogen) atoms. The quantitative estimate of drug-likeness (QED) is 0.312. The molecule has 0 aromatic carbocycles. The maximum atomic E-state index is 12.7. The van der Waals surface area contributed by atoms with E-state index >= 15 is 0 Å². The molecule has 0 saturated heterocycles. The lowest BCUT2D eigenvalue weighted by Gasteiger charge is -2.30. The normalized spacial score (nSPS) is 16.7. The predicted molar refractivity (Wildman–Crippen MR) is 90.4 cm³/mol. The molecule has 1 aromatic heterocycles. The summed E-state index contributed by atoms with van der Waals surface area (Å²) in [6.45, 7) is 2.66. The fraction of sp³-hybridized carbons (Fsp3) is 0.438. The van der Waals surface area contributed by atoms with Crippen LogP contribution in [0.3, 0.4) is 0 Å². The van der Waals surface area contributed by atoms with Crippen molar-refractivity contribution in [2.45, 2.75) is 19.8 Å². The number of methoxy groups -OCH3 is 1. The number of carbonyl (C=O) groups excluding carboxylic acids is 2. The van der Waals surface area contributed by atoms with Gasteiger partial charge < -0.3 is 24.2 Å². The van der Waals surface area contributed by atoms with Crippen LogP contribution in [0.15, 0.2) is 35.1 Å². The van der Waals surface area contributed by atoms with Gasteiger partial charge in [-0.15, -0.1) is 10.1 Å². The summed E-state index contributed by atoms with van der Waals surface area (Å²) in [5, 5.41) is 12.2. The summed E-state index contributed by atoms with van der Waals surface area (Å²) in [6, 6.07) is 0. The standard InChI is InChI=1S/C16H20N4O7/c1-9-12(15(21)25-4)14(11-7-17-8-19(11)3)13(10(2)18-9)16(22)26-5-6-27-20(23)24/h7-8,14,18H,5-6H2,1-4H3. The van der Waals surface area contributed by atoms with E-state index < -0.39 is 29.6 Å². The highest BCUT2D eigenvalue weighted by Gasteiger charge is 2.39. The molecule has 11 heteroatoms. The van der Waals surface area contributed by atoms with Crippen molar-refractivity contribution < 1.29 is 29.0 Å². The Morgan fingerprint density at radius 2 is 1.89 bits per heavy atom. The van der Waals surface area contributed by atoms with Crippen molar-refractivity contribution in [2.24, 2.45) is 7.05 Å². The number of aromatic nitrogens is 2. The summed E-state index contributed by atoms with van der Waals surface area (Å²) < 4.78 is 11.7. The van der Waals surface area contributed by atoms with Crippen molar-refractivity contribution in [1.82, 2.24) is 14.9 Å². The van der Waals surface area contributed by atoms with Gasteiger partial charge in [-0.05, 0) is 13.8 Å². The Bertz CT molecular complexity index is 824. The fourth-order valence-corrected chi connectivity index (χ4v) is 2.91. The fourth-order valence-electron chi connectivity index (χ4n) is 2.91. The van der Waals surface area contributed by atoms with Gasteiger partial charge in [-0.25, -0.2) is 14.6 Å². The van der Waals surface area contributed by atoms with E-state index in [2.05, 4.69) is 15.1 Å². The predicted octanol–water partition coefficient (Wildman–Crippen LogP) is 0.579. The number of hydrogen-bond donors (Lipinski definition) is 1. The van der Waals surface area contributed by atoms with Gasteiger partial charge in [0.25, 0.3) is 5.09 Å². The zero-order chi connectivity index (χ0) is 20.1. The third kappa shape index (κ3) is 4.25. The van der Waals surface area contributed by atoms with Gasteiger partial charge in [0, 0.05) is 30.3 Å². The Hall–Kier alpha value is -3.37. The number of nitrogens with one attached hydrogen (secondary N) is 1. The van der Waals surface area contributed by atoms with E-state index in [-0.39, 0.29) is 17.8 Å². The third-order valence-electron chi connectivity index (χ3n) is 4.05. The number of imidazole rings is 1. The number of ether oxygens (including phenoxy) is 2. The molecule has 1 aliphatic heterocycles. The van der Waals surface area contributed by atoms with Crippen LogP contribution in [-0.4, -0.2) is 46.9 Å². The summed E-state index contributed by atoms with van der Waals surface area (Å²) in [4.78, 5) is 43.4. The first-order chi connectivity index (χ1) is 12.8. The average molecular weight is 380 g/mol. The lowest BCUT2D eigenvalue weighted by Crippen LogP contribution is -2.33. The maximum absolute atomic E-state index is 12.7. The number of allylic oxidation sites excluding steroid dienone is 2. The van der Waals surface area contributed by atoms with Gasteiger partial charge in [0.2, 0.25) is 0 Å². The number of esters is 2. The van der Waals surface area contributed by atoms with Crippen LogP contribution in [-0.2, 0) is 30.9 Å². The molecular weight excluding hydrogens is 360 g/mol. The van der Waals surface area contributed by atoms with Gasteiger partial charge in [-0.3, -0.25) is 0 Å². The molecule has 0 radical (unpaired) electrons. The molecule has 0 fully saturated rings. The molecule has 1 aromatic rings. The second-order valence-corrected chi connectivity index (χ2v) is 5.75. The highest BCUT2D eigenvalue weighted by molar-refractivity contribution is 5.99. The van der Waals surface area contributed by atoms with Crippen LogP contribution in [0.2, 0.25) is 0 Å².